The van der Waals surface area contributed by atoms with Crippen molar-refractivity contribution in [1.82, 2.24) is 0 Å². The fourth-order valence-corrected chi connectivity index (χ4v) is 3.67. The van der Waals surface area contributed by atoms with Crippen LogP contribution < -0.4 is 0 Å². The molecule has 2 aromatic carbocycles. The average Bonchev–Trinajstić information content (AvgIpc) is 2.32. The van der Waals surface area contributed by atoms with E-state index in [-0.39, 0.29) is 0 Å². The second-order valence-electron chi connectivity index (χ2n) is 4.64. The van der Waals surface area contributed by atoms with Gasteiger partial charge in [0.2, 0.25) is 0 Å². The Kier molecular flexibility index (Phi) is 4.63. The summed E-state index contributed by atoms with van der Waals surface area (Å²) in [6, 6.07) is 15.1. The van der Waals surface area contributed by atoms with Gasteiger partial charge in [0, 0.05) is 9.30 Å². The molecular weight excluding hydrogens is 352 g/mol. The van der Waals surface area contributed by atoms with E-state index in [9.17, 15) is 0 Å². The summed E-state index contributed by atoms with van der Waals surface area (Å²) in [5, 5.41) is 0. The third-order valence-corrected chi connectivity index (χ3v) is 4.96. The van der Waals surface area contributed by atoms with Crippen LogP contribution in [-0.2, 0) is 6.42 Å². The highest BCUT2D eigenvalue weighted by Crippen LogP contribution is 2.34. The third kappa shape index (κ3) is 3.24. The summed E-state index contributed by atoms with van der Waals surface area (Å²) in [6.45, 7) is 4.26. The van der Waals surface area contributed by atoms with Gasteiger partial charge in [-0.1, -0.05) is 79.9 Å². The summed E-state index contributed by atoms with van der Waals surface area (Å²) in [4.78, 5) is 0.341. The van der Waals surface area contributed by atoms with Gasteiger partial charge >= 0.3 is 0 Å². The number of halogens is 2. The summed E-state index contributed by atoms with van der Waals surface area (Å²) >= 11 is 7.48. The lowest BCUT2D eigenvalue weighted by Crippen LogP contribution is -1.98. The van der Waals surface area contributed by atoms with Crippen molar-refractivity contribution in [3.05, 3.63) is 69.2 Å². The fraction of sp³-hybridized carbons (Fsp3) is 0.250. The Balaban J connectivity index is 2.22. The molecule has 0 aliphatic heterocycles. The van der Waals surface area contributed by atoms with E-state index in [0.29, 0.717) is 4.83 Å². The molecule has 0 radical (unpaired) electrons. The summed E-state index contributed by atoms with van der Waals surface area (Å²) in [5.41, 5.74) is 5.28. The molecule has 18 heavy (non-hydrogen) atoms. The molecule has 1 unspecified atom stereocenters. The van der Waals surface area contributed by atoms with E-state index >= 15 is 0 Å². The van der Waals surface area contributed by atoms with Crippen molar-refractivity contribution in [1.29, 1.82) is 0 Å². The Morgan fingerprint density at radius 1 is 1.06 bits per heavy atom. The zero-order valence-corrected chi connectivity index (χ0v) is 13.8. The van der Waals surface area contributed by atoms with Crippen LogP contribution in [0.5, 0.6) is 0 Å². The van der Waals surface area contributed by atoms with Crippen LogP contribution >= 0.6 is 31.9 Å². The second-order valence-corrected chi connectivity index (χ2v) is 6.54. The molecule has 94 valence electrons. The lowest BCUT2D eigenvalue weighted by Gasteiger charge is -2.14. The maximum atomic E-state index is 3.80. The first-order valence-corrected chi connectivity index (χ1v) is 7.73. The SMILES string of the molecule is Cc1cccc(CC(Br)c2cccc(C)c2Br)c1. The Labute approximate surface area is 126 Å². The summed E-state index contributed by atoms with van der Waals surface area (Å²) in [6.07, 6.45) is 1.00. The molecular formula is C16H16Br2. The minimum atomic E-state index is 0.341. The van der Waals surface area contributed by atoms with Gasteiger partial charge in [-0.05, 0) is 37.0 Å². The molecule has 0 aliphatic rings. The monoisotopic (exact) mass is 366 g/mol. The van der Waals surface area contributed by atoms with E-state index in [1.54, 1.807) is 0 Å². The van der Waals surface area contributed by atoms with Crippen molar-refractivity contribution >= 4 is 31.9 Å². The molecule has 0 saturated heterocycles. The van der Waals surface area contributed by atoms with Crippen molar-refractivity contribution in [3.63, 3.8) is 0 Å². The Hall–Kier alpha value is -0.600. The largest absolute Gasteiger partial charge is 0.0835 e. The van der Waals surface area contributed by atoms with Crippen LogP contribution in [0.2, 0.25) is 0 Å². The smallest absolute Gasteiger partial charge is 0.0446 e. The van der Waals surface area contributed by atoms with E-state index in [0.717, 1.165) is 6.42 Å². The van der Waals surface area contributed by atoms with Gasteiger partial charge in [0.05, 0.1) is 0 Å². The van der Waals surface area contributed by atoms with Crippen LogP contribution in [0.25, 0.3) is 0 Å². The first kappa shape index (κ1) is 13.8. The van der Waals surface area contributed by atoms with Crippen LogP contribution in [0.15, 0.2) is 46.9 Å². The predicted molar refractivity (Wildman–Crippen MR) is 85.4 cm³/mol. The lowest BCUT2D eigenvalue weighted by molar-refractivity contribution is 0.939. The highest BCUT2D eigenvalue weighted by atomic mass is 79.9. The van der Waals surface area contributed by atoms with E-state index in [1.807, 2.05) is 0 Å². The summed E-state index contributed by atoms with van der Waals surface area (Å²) in [5.74, 6) is 0. The molecule has 2 rings (SSSR count). The molecule has 0 nitrogen and oxygen atoms in total. The topological polar surface area (TPSA) is 0 Å². The van der Waals surface area contributed by atoms with Crippen LogP contribution in [0.4, 0.5) is 0 Å². The normalized spacial score (nSPS) is 12.4. The van der Waals surface area contributed by atoms with Crippen LogP contribution in [-0.4, -0.2) is 0 Å². The minimum Gasteiger partial charge on any atom is -0.0835 e. The van der Waals surface area contributed by atoms with Crippen LogP contribution in [0, 0.1) is 13.8 Å². The van der Waals surface area contributed by atoms with Crippen molar-refractivity contribution in [3.8, 4) is 0 Å². The van der Waals surface area contributed by atoms with Gasteiger partial charge < -0.3 is 0 Å². The Bertz CT molecular complexity index is 547. The number of rotatable bonds is 3. The van der Waals surface area contributed by atoms with E-state index < -0.39 is 0 Å². The molecule has 0 spiro atoms. The van der Waals surface area contributed by atoms with E-state index in [4.69, 9.17) is 0 Å². The minimum absolute atomic E-state index is 0.341. The van der Waals surface area contributed by atoms with Gasteiger partial charge in [0.15, 0.2) is 0 Å². The molecule has 0 saturated carbocycles. The third-order valence-electron chi connectivity index (χ3n) is 3.06. The number of benzene rings is 2. The van der Waals surface area contributed by atoms with Crippen molar-refractivity contribution in [2.75, 3.05) is 0 Å². The van der Waals surface area contributed by atoms with Crippen molar-refractivity contribution < 1.29 is 0 Å². The average molecular weight is 368 g/mol. The number of aryl methyl sites for hydroxylation is 2. The number of hydrogen-bond donors (Lipinski definition) is 0. The summed E-state index contributed by atoms with van der Waals surface area (Å²) < 4.78 is 1.21. The summed E-state index contributed by atoms with van der Waals surface area (Å²) in [7, 11) is 0. The predicted octanol–water partition coefficient (Wildman–Crippen LogP) is 5.74. The standard InChI is InChI=1S/C16H16Br2/c1-11-5-3-7-13(9-11)10-15(17)14-8-4-6-12(2)16(14)18/h3-9,15H,10H2,1-2H3. The molecule has 0 heterocycles. The molecule has 1 atom stereocenters. The Morgan fingerprint density at radius 3 is 2.50 bits per heavy atom. The molecule has 0 bridgehead atoms. The van der Waals surface area contributed by atoms with Crippen LogP contribution in [0.1, 0.15) is 27.1 Å². The van der Waals surface area contributed by atoms with E-state index in [1.165, 1.54) is 26.7 Å². The molecule has 0 N–H and O–H groups in total. The molecule has 2 heteroatoms. The van der Waals surface area contributed by atoms with Gasteiger partial charge in [-0.25, -0.2) is 0 Å². The van der Waals surface area contributed by atoms with Gasteiger partial charge in [0.25, 0.3) is 0 Å². The molecule has 0 aromatic heterocycles. The van der Waals surface area contributed by atoms with E-state index in [2.05, 4.69) is 88.2 Å². The highest BCUT2D eigenvalue weighted by Gasteiger charge is 2.12. The Morgan fingerprint density at radius 2 is 1.78 bits per heavy atom. The molecule has 0 fully saturated rings. The quantitative estimate of drug-likeness (QED) is 0.606. The van der Waals surface area contributed by atoms with Gasteiger partial charge in [-0.2, -0.15) is 0 Å². The van der Waals surface area contributed by atoms with Gasteiger partial charge in [0.1, 0.15) is 0 Å². The maximum absolute atomic E-state index is 3.80. The maximum Gasteiger partial charge on any atom is 0.0446 e. The molecule has 0 amide bonds. The highest BCUT2D eigenvalue weighted by molar-refractivity contribution is 9.11. The fourth-order valence-electron chi connectivity index (χ4n) is 2.07. The second kappa shape index (κ2) is 6.03. The first-order valence-electron chi connectivity index (χ1n) is 6.02. The number of hydrogen-bond acceptors (Lipinski definition) is 0. The number of alkyl halides is 1. The zero-order valence-electron chi connectivity index (χ0n) is 10.6. The van der Waals surface area contributed by atoms with Crippen LogP contribution in [0.3, 0.4) is 0 Å². The van der Waals surface area contributed by atoms with Crippen molar-refractivity contribution in [2.24, 2.45) is 0 Å². The zero-order chi connectivity index (χ0) is 13.1. The first-order chi connectivity index (χ1) is 8.58. The van der Waals surface area contributed by atoms with Gasteiger partial charge in [-0.3, -0.25) is 0 Å². The van der Waals surface area contributed by atoms with Gasteiger partial charge in [-0.15, -0.1) is 0 Å². The molecule has 2 aromatic rings. The van der Waals surface area contributed by atoms with Crippen molar-refractivity contribution in [2.45, 2.75) is 25.1 Å². The molecule has 0 aliphatic carbocycles. The lowest BCUT2D eigenvalue weighted by atomic mass is 10.0.